The van der Waals surface area contributed by atoms with E-state index in [9.17, 15) is 4.79 Å². The minimum Gasteiger partial charge on any atom is -0.345 e. The summed E-state index contributed by atoms with van der Waals surface area (Å²) < 4.78 is 4.32. The van der Waals surface area contributed by atoms with E-state index in [4.69, 9.17) is 0 Å². The summed E-state index contributed by atoms with van der Waals surface area (Å²) in [7, 11) is 0. The molecule has 0 aromatic carbocycles. The zero-order chi connectivity index (χ0) is 16.4. The van der Waals surface area contributed by atoms with Gasteiger partial charge in [-0.2, -0.15) is 0 Å². The van der Waals surface area contributed by atoms with Gasteiger partial charge in [-0.15, -0.1) is 11.3 Å². The van der Waals surface area contributed by atoms with Gasteiger partial charge >= 0.3 is 0 Å². The van der Waals surface area contributed by atoms with Gasteiger partial charge in [-0.3, -0.25) is 9.78 Å². The molecule has 0 aliphatic carbocycles. The molecule has 120 valence electrons. The lowest BCUT2D eigenvalue weighted by Crippen LogP contribution is -2.26. The fraction of sp³-hybridized carbons (Fsp3) is 0.294. The van der Waals surface area contributed by atoms with E-state index in [1.54, 1.807) is 17.5 Å². The number of hydrogen-bond acceptors (Lipinski definition) is 3. The smallest absolute Gasteiger partial charge is 0.268 e. The summed E-state index contributed by atoms with van der Waals surface area (Å²) >= 11 is 5.17. The van der Waals surface area contributed by atoms with Crippen molar-refractivity contribution >= 4 is 43.4 Å². The summed E-state index contributed by atoms with van der Waals surface area (Å²) in [5, 5.41) is 2.96. The molecule has 3 heterocycles. The lowest BCUT2D eigenvalue weighted by molar-refractivity contribution is 0.0941. The van der Waals surface area contributed by atoms with Gasteiger partial charge in [-0.25, -0.2) is 0 Å². The van der Waals surface area contributed by atoms with Crippen molar-refractivity contribution in [2.45, 2.75) is 26.9 Å². The van der Waals surface area contributed by atoms with Crippen molar-refractivity contribution < 1.29 is 4.79 Å². The van der Waals surface area contributed by atoms with Crippen LogP contribution in [0.25, 0.3) is 10.2 Å². The first-order chi connectivity index (χ1) is 11.0. The number of pyridine rings is 1. The SMILES string of the molecule is CC(C)Cn1c(C(=O)NCc2ccccn2)cc2sc(Br)cc21. The van der Waals surface area contributed by atoms with Gasteiger partial charge < -0.3 is 9.88 Å². The highest BCUT2D eigenvalue weighted by Gasteiger charge is 2.18. The lowest BCUT2D eigenvalue weighted by atomic mass is 10.2. The van der Waals surface area contributed by atoms with Gasteiger partial charge in [0.05, 0.1) is 26.2 Å². The summed E-state index contributed by atoms with van der Waals surface area (Å²) in [6, 6.07) is 9.75. The molecule has 23 heavy (non-hydrogen) atoms. The number of thiophene rings is 1. The highest BCUT2D eigenvalue weighted by molar-refractivity contribution is 9.11. The summed E-state index contributed by atoms with van der Waals surface area (Å²) in [4.78, 5) is 16.8. The van der Waals surface area contributed by atoms with Gasteiger partial charge in [0.15, 0.2) is 0 Å². The number of halogens is 1. The van der Waals surface area contributed by atoms with Crippen LogP contribution in [0.3, 0.4) is 0 Å². The lowest BCUT2D eigenvalue weighted by Gasteiger charge is -2.12. The maximum absolute atomic E-state index is 12.6. The molecule has 3 aromatic heterocycles. The predicted octanol–water partition coefficient (Wildman–Crippen LogP) is 4.45. The average Bonchev–Trinajstić information content (AvgIpc) is 3.03. The van der Waals surface area contributed by atoms with Crippen molar-refractivity contribution in [2.75, 3.05) is 0 Å². The van der Waals surface area contributed by atoms with Crippen molar-refractivity contribution in [1.82, 2.24) is 14.9 Å². The summed E-state index contributed by atoms with van der Waals surface area (Å²) in [6.45, 7) is 5.56. The first kappa shape index (κ1) is 16.2. The standard InChI is InChI=1S/C17H18BrN3OS/c1-11(2)10-21-13-8-16(18)23-15(13)7-14(21)17(22)20-9-12-5-3-4-6-19-12/h3-8,11H,9-10H2,1-2H3,(H,20,22). The van der Waals surface area contributed by atoms with Gasteiger partial charge in [0.25, 0.3) is 5.91 Å². The average molecular weight is 392 g/mol. The molecule has 0 spiro atoms. The minimum absolute atomic E-state index is 0.0594. The van der Waals surface area contributed by atoms with Crippen LogP contribution < -0.4 is 5.32 Å². The van der Waals surface area contributed by atoms with Gasteiger partial charge in [0.1, 0.15) is 5.69 Å². The van der Waals surface area contributed by atoms with Crippen LogP contribution in [0.15, 0.2) is 40.3 Å². The molecule has 0 saturated heterocycles. The number of aromatic nitrogens is 2. The fourth-order valence-corrected chi connectivity index (χ4v) is 4.09. The second-order valence-electron chi connectivity index (χ2n) is 5.84. The van der Waals surface area contributed by atoms with Crippen LogP contribution in [0.5, 0.6) is 0 Å². The molecule has 0 saturated carbocycles. The topological polar surface area (TPSA) is 46.9 Å². The molecule has 0 bridgehead atoms. The molecule has 0 radical (unpaired) electrons. The Kier molecular flexibility index (Phi) is 4.82. The molecular formula is C17H18BrN3OS. The summed E-state index contributed by atoms with van der Waals surface area (Å²) in [6.07, 6.45) is 1.73. The Morgan fingerprint density at radius 1 is 1.39 bits per heavy atom. The maximum Gasteiger partial charge on any atom is 0.268 e. The Bertz CT molecular complexity index is 823. The Labute approximate surface area is 147 Å². The third kappa shape index (κ3) is 3.64. The van der Waals surface area contributed by atoms with Crippen LogP contribution in [0.2, 0.25) is 0 Å². The van der Waals surface area contributed by atoms with Crippen molar-refractivity contribution in [3.05, 3.63) is 51.7 Å². The predicted molar refractivity (Wildman–Crippen MR) is 97.8 cm³/mol. The number of hydrogen-bond donors (Lipinski definition) is 1. The second-order valence-corrected chi connectivity index (χ2v) is 8.30. The molecule has 1 amide bonds. The quantitative estimate of drug-likeness (QED) is 0.698. The molecule has 4 nitrogen and oxygen atoms in total. The number of carbonyl (C=O) groups is 1. The minimum atomic E-state index is -0.0594. The van der Waals surface area contributed by atoms with E-state index in [2.05, 4.69) is 50.7 Å². The van der Waals surface area contributed by atoms with Crippen LogP contribution in [0.4, 0.5) is 0 Å². The molecular weight excluding hydrogens is 374 g/mol. The number of nitrogens with zero attached hydrogens (tertiary/aromatic N) is 2. The van der Waals surface area contributed by atoms with Crippen LogP contribution in [-0.2, 0) is 13.1 Å². The summed E-state index contributed by atoms with van der Waals surface area (Å²) in [5.74, 6) is 0.405. The molecule has 0 aliphatic rings. The van der Waals surface area contributed by atoms with E-state index < -0.39 is 0 Å². The molecule has 0 aliphatic heterocycles. The first-order valence-corrected chi connectivity index (χ1v) is 9.12. The molecule has 6 heteroatoms. The van der Waals surface area contributed by atoms with Gasteiger partial charge in [0, 0.05) is 12.7 Å². The van der Waals surface area contributed by atoms with Crippen molar-refractivity contribution in [2.24, 2.45) is 5.92 Å². The monoisotopic (exact) mass is 391 g/mol. The Morgan fingerprint density at radius 3 is 2.91 bits per heavy atom. The van der Waals surface area contributed by atoms with E-state index in [0.717, 1.165) is 26.2 Å². The third-order valence-electron chi connectivity index (χ3n) is 3.50. The van der Waals surface area contributed by atoms with Crippen molar-refractivity contribution in [3.8, 4) is 0 Å². The largest absolute Gasteiger partial charge is 0.345 e. The molecule has 0 unspecified atom stereocenters. The Balaban J connectivity index is 1.85. The zero-order valence-corrected chi connectivity index (χ0v) is 15.4. The van der Waals surface area contributed by atoms with E-state index in [1.165, 1.54) is 0 Å². The molecule has 1 N–H and O–H groups in total. The van der Waals surface area contributed by atoms with E-state index in [1.807, 2.05) is 24.3 Å². The summed E-state index contributed by atoms with van der Waals surface area (Å²) in [5.41, 5.74) is 2.68. The third-order valence-corrected chi connectivity index (χ3v) is 5.07. The zero-order valence-electron chi connectivity index (χ0n) is 13.0. The Morgan fingerprint density at radius 2 is 2.22 bits per heavy atom. The molecule has 3 rings (SSSR count). The molecule has 3 aromatic rings. The number of nitrogens with one attached hydrogen (secondary N) is 1. The first-order valence-electron chi connectivity index (χ1n) is 7.51. The number of fused-ring (bicyclic) bond motifs is 1. The number of rotatable bonds is 5. The maximum atomic E-state index is 12.6. The van der Waals surface area contributed by atoms with Crippen molar-refractivity contribution in [3.63, 3.8) is 0 Å². The van der Waals surface area contributed by atoms with Gasteiger partial charge in [-0.05, 0) is 46.1 Å². The van der Waals surface area contributed by atoms with E-state index in [0.29, 0.717) is 18.2 Å². The van der Waals surface area contributed by atoms with Crippen LogP contribution >= 0.6 is 27.3 Å². The normalized spacial score (nSPS) is 11.3. The van der Waals surface area contributed by atoms with E-state index >= 15 is 0 Å². The Hall–Kier alpha value is -1.66. The van der Waals surface area contributed by atoms with Crippen LogP contribution in [0, 0.1) is 5.92 Å². The van der Waals surface area contributed by atoms with Crippen LogP contribution in [0.1, 0.15) is 30.0 Å². The highest BCUT2D eigenvalue weighted by Crippen LogP contribution is 2.33. The van der Waals surface area contributed by atoms with E-state index in [-0.39, 0.29) is 5.91 Å². The second kappa shape index (κ2) is 6.84. The van der Waals surface area contributed by atoms with Crippen molar-refractivity contribution in [1.29, 1.82) is 0 Å². The number of amides is 1. The highest BCUT2D eigenvalue weighted by atomic mass is 79.9. The number of carbonyl (C=O) groups excluding carboxylic acids is 1. The van der Waals surface area contributed by atoms with Gasteiger partial charge in [-0.1, -0.05) is 19.9 Å². The van der Waals surface area contributed by atoms with Crippen LogP contribution in [-0.4, -0.2) is 15.5 Å². The molecule has 0 fully saturated rings. The fourth-order valence-electron chi connectivity index (χ4n) is 2.53. The van der Waals surface area contributed by atoms with Gasteiger partial charge in [0.2, 0.25) is 0 Å². The molecule has 0 atom stereocenters.